The second kappa shape index (κ2) is 5.57. The van der Waals surface area contributed by atoms with Gasteiger partial charge in [0.2, 0.25) is 0 Å². The van der Waals surface area contributed by atoms with Crippen LogP contribution < -0.4 is 0 Å². The molecule has 0 spiro atoms. The summed E-state index contributed by atoms with van der Waals surface area (Å²) in [5.74, 6) is 0.553. The molecular formula is C20H18O2. The molecule has 0 bridgehead atoms. The van der Waals surface area contributed by atoms with Crippen LogP contribution in [0.1, 0.15) is 11.1 Å². The molecule has 0 unspecified atom stereocenters. The van der Waals surface area contributed by atoms with E-state index in [1.165, 1.54) is 22.3 Å². The smallest absolute Gasteiger partial charge is 0.115 e. The van der Waals surface area contributed by atoms with Gasteiger partial charge >= 0.3 is 0 Å². The molecule has 3 aromatic rings. The van der Waals surface area contributed by atoms with Crippen LogP contribution in [-0.2, 0) is 0 Å². The normalized spacial score (nSPS) is 10.6. The van der Waals surface area contributed by atoms with E-state index in [-0.39, 0.29) is 11.5 Å². The Labute approximate surface area is 130 Å². The van der Waals surface area contributed by atoms with Gasteiger partial charge in [0.1, 0.15) is 11.5 Å². The van der Waals surface area contributed by atoms with Crippen molar-refractivity contribution >= 4 is 0 Å². The van der Waals surface area contributed by atoms with Crippen molar-refractivity contribution in [2.75, 3.05) is 0 Å². The van der Waals surface area contributed by atoms with Gasteiger partial charge in [-0.05, 0) is 71.5 Å². The molecule has 0 fully saturated rings. The SMILES string of the molecule is Cc1cc(-c2ccc(O)cc2)c(C)cc1-c1ccc(O)cc1. The lowest BCUT2D eigenvalue weighted by atomic mass is 9.92. The van der Waals surface area contributed by atoms with E-state index in [4.69, 9.17) is 0 Å². The predicted molar refractivity (Wildman–Crippen MR) is 90.1 cm³/mol. The highest BCUT2D eigenvalue weighted by Crippen LogP contribution is 2.32. The zero-order chi connectivity index (χ0) is 15.7. The Morgan fingerprint density at radius 3 is 1.18 bits per heavy atom. The van der Waals surface area contributed by atoms with E-state index in [0.29, 0.717) is 0 Å². The molecule has 110 valence electrons. The molecule has 3 rings (SSSR count). The Kier molecular flexibility index (Phi) is 3.60. The van der Waals surface area contributed by atoms with Crippen LogP contribution in [0, 0.1) is 13.8 Å². The molecule has 0 atom stereocenters. The van der Waals surface area contributed by atoms with Gasteiger partial charge in [-0.15, -0.1) is 0 Å². The van der Waals surface area contributed by atoms with Gasteiger partial charge in [0, 0.05) is 0 Å². The van der Waals surface area contributed by atoms with Gasteiger partial charge in [-0.25, -0.2) is 0 Å². The molecule has 2 heteroatoms. The van der Waals surface area contributed by atoms with Crippen molar-refractivity contribution < 1.29 is 10.2 Å². The minimum Gasteiger partial charge on any atom is -0.508 e. The molecule has 0 amide bonds. The maximum Gasteiger partial charge on any atom is 0.115 e. The minimum atomic E-state index is 0.277. The third-order valence-electron chi connectivity index (χ3n) is 3.93. The first-order chi connectivity index (χ1) is 10.5. The zero-order valence-electron chi connectivity index (χ0n) is 12.7. The summed E-state index contributed by atoms with van der Waals surface area (Å²) in [4.78, 5) is 0. The topological polar surface area (TPSA) is 40.5 Å². The Bertz CT molecular complexity index is 729. The number of rotatable bonds is 2. The Balaban J connectivity index is 2.08. The van der Waals surface area contributed by atoms with Gasteiger partial charge in [-0.1, -0.05) is 36.4 Å². The average molecular weight is 290 g/mol. The molecule has 0 aliphatic heterocycles. The standard InChI is InChI=1S/C20H18O2/c1-13-11-20(16-5-9-18(22)10-6-16)14(2)12-19(13)15-3-7-17(21)8-4-15/h3-12,21-22H,1-2H3. The quantitative estimate of drug-likeness (QED) is 0.693. The Hall–Kier alpha value is -2.74. The highest BCUT2D eigenvalue weighted by atomic mass is 16.3. The van der Waals surface area contributed by atoms with Crippen LogP contribution in [0.25, 0.3) is 22.3 Å². The molecular weight excluding hydrogens is 272 g/mol. The van der Waals surface area contributed by atoms with Crippen molar-refractivity contribution in [1.82, 2.24) is 0 Å². The molecule has 0 aliphatic rings. The molecule has 0 saturated carbocycles. The molecule has 0 saturated heterocycles. The van der Waals surface area contributed by atoms with Crippen LogP contribution in [0.5, 0.6) is 11.5 Å². The average Bonchev–Trinajstić information content (AvgIpc) is 2.51. The first kappa shape index (κ1) is 14.2. The lowest BCUT2D eigenvalue weighted by molar-refractivity contribution is 0.475. The number of aromatic hydroxyl groups is 2. The highest BCUT2D eigenvalue weighted by Gasteiger charge is 2.08. The summed E-state index contributed by atoms with van der Waals surface area (Å²) in [6.07, 6.45) is 0. The van der Waals surface area contributed by atoms with Crippen LogP contribution in [-0.4, -0.2) is 10.2 Å². The lowest BCUT2D eigenvalue weighted by Gasteiger charge is -2.13. The number of phenols is 2. The van der Waals surface area contributed by atoms with Crippen LogP contribution in [0.3, 0.4) is 0 Å². The molecule has 3 aromatic carbocycles. The number of aryl methyl sites for hydroxylation is 2. The number of benzene rings is 3. The summed E-state index contributed by atoms with van der Waals surface area (Å²) in [7, 11) is 0. The van der Waals surface area contributed by atoms with Gasteiger partial charge in [0.25, 0.3) is 0 Å². The number of phenolic OH excluding ortho intramolecular Hbond substituents is 2. The summed E-state index contributed by atoms with van der Waals surface area (Å²) in [6.45, 7) is 4.18. The van der Waals surface area contributed by atoms with Crippen molar-refractivity contribution in [1.29, 1.82) is 0 Å². The van der Waals surface area contributed by atoms with Crippen molar-refractivity contribution in [3.8, 4) is 33.8 Å². The number of hydrogen-bond acceptors (Lipinski definition) is 2. The summed E-state index contributed by atoms with van der Waals surface area (Å²) in [6, 6.07) is 18.9. The van der Waals surface area contributed by atoms with E-state index < -0.39 is 0 Å². The third kappa shape index (κ3) is 2.68. The Morgan fingerprint density at radius 1 is 0.545 bits per heavy atom. The second-order valence-electron chi connectivity index (χ2n) is 5.58. The van der Waals surface area contributed by atoms with Crippen LogP contribution in [0.2, 0.25) is 0 Å². The maximum atomic E-state index is 9.42. The summed E-state index contributed by atoms with van der Waals surface area (Å²) in [5.41, 5.74) is 6.88. The first-order valence-corrected chi connectivity index (χ1v) is 7.24. The second-order valence-corrected chi connectivity index (χ2v) is 5.58. The van der Waals surface area contributed by atoms with E-state index in [1.807, 2.05) is 24.3 Å². The van der Waals surface area contributed by atoms with E-state index in [1.54, 1.807) is 24.3 Å². The van der Waals surface area contributed by atoms with Gasteiger partial charge < -0.3 is 10.2 Å². The largest absolute Gasteiger partial charge is 0.508 e. The number of hydrogen-bond donors (Lipinski definition) is 2. The third-order valence-corrected chi connectivity index (χ3v) is 3.93. The van der Waals surface area contributed by atoms with E-state index in [2.05, 4.69) is 26.0 Å². The lowest BCUT2D eigenvalue weighted by Crippen LogP contribution is -1.90. The summed E-state index contributed by atoms with van der Waals surface area (Å²) < 4.78 is 0. The van der Waals surface area contributed by atoms with Crippen molar-refractivity contribution in [3.05, 3.63) is 71.8 Å². The molecule has 0 aliphatic carbocycles. The van der Waals surface area contributed by atoms with Gasteiger partial charge in [-0.3, -0.25) is 0 Å². The van der Waals surface area contributed by atoms with E-state index >= 15 is 0 Å². The molecule has 2 N–H and O–H groups in total. The maximum absolute atomic E-state index is 9.42. The van der Waals surface area contributed by atoms with Crippen molar-refractivity contribution in [3.63, 3.8) is 0 Å². The summed E-state index contributed by atoms with van der Waals surface area (Å²) in [5, 5.41) is 18.8. The molecule has 2 nitrogen and oxygen atoms in total. The van der Waals surface area contributed by atoms with Gasteiger partial charge in [-0.2, -0.15) is 0 Å². The van der Waals surface area contributed by atoms with Crippen LogP contribution in [0.4, 0.5) is 0 Å². The fourth-order valence-corrected chi connectivity index (χ4v) is 2.72. The van der Waals surface area contributed by atoms with Gasteiger partial charge in [0.05, 0.1) is 0 Å². The van der Waals surface area contributed by atoms with Crippen molar-refractivity contribution in [2.24, 2.45) is 0 Å². The van der Waals surface area contributed by atoms with Crippen LogP contribution in [0.15, 0.2) is 60.7 Å². The predicted octanol–water partition coefficient (Wildman–Crippen LogP) is 5.05. The molecule has 0 aromatic heterocycles. The van der Waals surface area contributed by atoms with E-state index in [9.17, 15) is 10.2 Å². The van der Waals surface area contributed by atoms with Gasteiger partial charge in [0.15, 0.2) is 0 Å². The minimum absolute atomic E-state index is 0.277. The fourth-order valence-electron chi connectivity index (χ4n) is 2.72. The fraction of sp³-hybridized carbons (Fsp3) is 0.100. The molecule has 0 radical (unpaired) electrons. The van der Waals surface area contributed by atoms with E-state index in [0.717, 1.165) is 11.1 Å². The monoisotopic (exact) mass is 290 g/mol. The summed E-state index contributed by atoms with van der Waals surface area (Å²) >= 11 is 0. The first-order valence-electron chi connectivity index (χ1n) is 7.24. The highest BCUT2D eigenvalue weighted by molar-refractivity contribution is 5.76. The van der Waals surface area contributed by atoms with Crippen LogP contribution >= 0.6 is 0 Å². The Morgan fingerprint density at radius 2 is 0.864 bits per heavy atom. The molecule has 22 heavy (non-hydrogen) atoms. The van der Waals surface area contributed by atoms with Crippen molar-refractivity contribution in [2.45, 2.75) is 13.8 Å². The zero-order valence-corrected chi connectivity index (χ0v) is 12.7. The molecule has 0 heterocycles.